The number of fused-ring (bicyclic) bond motifs is 3. The van der Waals surface area contributed by atoms with Crippen molar-refractivity contribution in [2.45, 2.75) is 44.4 Å². The number of aliphatic hydroxyl groups is 3. The fraction of sp³-hybridized carbons (Fsp3) is 0.500. The van der Waals surface area contributed by atoms with Gasteiger partial charge in [0.15, 0.2) is 22.7 Å². The Morgan fingerprint density at radius 3 is 2.49 bits per heavy atom. The molecule has 4 atom stereocenters. The molecule has 4 rings (SSSR count). The normalized spacial score (nSPS) is 27.4. The molecule has 10 nitrogen and oxygen atoms in total. The van der Waals surface area contributed by atoms with Crippen molar-refractivity contribution < 1.29 is 44.9 Å². The molecule has 0 spiro atoms. The van der Waals surface area contributed by atoms with Crippen LogP contribution in [-0.2, 0) is 33.8 Å². The summed E-state index contributed by atoms with van der Waals surface area (Å²) in [4.78, 5) is 40.7. The van der Waals surface area contributed by atoms with E-state index in [4.69, 9.17) is 0 Å². The lowest BCUT2D eigenvalue weighted by molar-refractivity contribution is -0.299. The number of Topliss-reactive ketones (excluding diaryl/α,β-unsaturated/α-hetero) is 2. The summed E-state index contributed by atoms with van der Waals surface area (Å²) in [6.45, 7) is 1.52. The molecule has 0 aliphatic heterocycles. The van der Waals surface area contributed by atoms with Crippen molar-refractivity contribution >= 4 is 23.2 Å². The van der Waals surface area contributed by atoms with E-state index in [9.17, 15) is 39.2 Å². The number of rotatable bonds is 7. The highest BCUT2D eigenvalue weighted by Crippen LogP contribution is 2.53. The van der Waals surface area contributed by atoms with E-state index in [0.29, 0.717) is 17.5 Å². The number of likely N-dealkylation sites (N-methyl/N-ethyl adjacent to an activating group) is 1. The number of aromatic hydroxyl groups is 1. The van der Waals surface area contributed by atoms with E-state index in [1.54, 1.807) is 20.2 Å². The van der Waals surface area contributed by atoms with Gasteiger partial charge in [-0.2, -0.15) is 0 Å². The van der Waals surface area contributed by atoms with E-state index in [2.05, 4.69) is 11.1 Å². The summed E-state index contributed by atoms with van der Waals surface area (Å²) in [6, 6.07) is 0.699. The smallest absolute Gasteiger partial charge is 0.348 e. The number of benzene rings is 1. The fourth-order valence-electron chi connectivity index (χ4n) is 6.22. The van der Waals surface area contributed by atoms with Crippen LogP contribution in [0.25, 0.3) is 5.76 Å². The number of hydrogen-bond acceptors (Lipinski definition) is 9. The number of aliphatic hydroxyl groups excluding tert-OH is 2. The Kier molecular flexibility index (Phi) is 7.02. The Balaban J connectivity index is 1.93. The number of carbonyl (C=O) groups excluding carboxylic acids is 3. The van der Waals surface area contributed by atoms with Crippen LogP contribution in [0, 0.1) is 11.8 Å². The van der Waals surface area contributed by atoms with Crippen molar-refractivity contribution in [2.24, 2.45) is 11.8 Å². The van der Waals surface area contributed by atoms with E-state index in [-0.39, 0.29) is 42.8 Å². The molecule has 200 valence electrons. The van der Waals surface area contributed by atoms with Gasteiger partial charge in [-0.05, 0) is 50.4 Å². The first-order valence-corrected chi connectivity index (χ1v) is 12.3. The number of hydrogen-bond donors (Lipinski definition) is 6. The predicted molar refractivity (Wildman–Crippen MR) is 130 cm³/mol. The second kappa shape index (κ2) is 9.64. The molecule has 3 aliphatic carbocycles. The SMILES string of the molecule is CCc1cc(CNCCF)c(O)c2c1CC1CC3C(N(C)C)C(=O)C(C([NH3+])=O)=C(O)C3(O)C(=O)C1=C2O. The molecule has 0 radical (unpaired) electrons. The molecular weight excluding hydrogens is 485 g/mol. The van der Waals surface area contributed by atoms with Gasteiger partial charge in [0, 0.05) is 30.1 Å². The first-order valence-electron chi connectivity index (χ1n) is 12.3. The van der Waals surface area contributed by atoms with E-state index in [0.717, 1.165) is 5.56 Å². The van der Waals surface area contributed by atoms with Gasteiger partial charge in [-0.1, -0.05) is 13.0 Å². The number of quaternary nitrogens is 1. The van der Waals surface area contributed by atoms with Crippen LogP contribution in [0.1, 0.15) is 35.6 Å². The maximum absolute atomic E-state index is 13.9. The molecule has 0 saturated heterocycles. The summed E-state index contributed by atoms with van der Waals surface area (Å²) in [6.07, 6.45) is 0.872. The molecule has 0 heterocycles. The molecule has 1 amide bonds. The maximum Gasteiger partial charge on any atom is 0.348 e. The summed E-state index contributed by atoms with van der Waals surface area (Å²) in [7, 11) is 3.15. The second-order valence-corrected chi connectivity index (χ2v) is 10.1. The van der Waals surface area contributed by atoms with Crippen LogP contribution < -0.4 is 11.1 Å². The predicted octanol–water partition coefficient (Wildman–Crippen LogP) is -0.131. The minimum absolute atomic E-state index is 0.0576. The standard InChI is InChI=1S/C26H32FN3O7/c1-4-11-7-13(10-29-6-5-27)20(31)17-14(11)8-12-9-15-19(30(2)3)22(33)18(25(28)36)24(35)26(15,37)23(34)16(12)21(17)32/h7,12,15,19,29,31-32,35,37H,4-6,8-10H2,1-3H3,(H2,28,36)/p+1. The fourth-order valence-corrected chi connectivity index (χ4v) is 6.22. The van der Waals surface area contributed by atoms with Crippen molar-refractivity contribution in [3.8, 4) is 5.75 Å². The Labute approximate surface area is 213 Å². The van der Waals surface area contributed by atoms with E-state index in [1.165, 1.54) is 4.90 Å². The van der Waals surface area contributed by atoms with Crippen LogP contribution in [0.4, 0.5) is 4.39 Å². The van der Waals surface area contributed by atoms with Crippen LogP contribution in [0.3, 0.4) is 0 Å². The first kappa shape index (κ1) is 26.9. The third-order valence-corrected chi connectivity index (χ3v) is 7.89. The Morgan fingerprint density at radius 2 is 1.92 bits per heavy atom. The lowest BCUT2D eigenvalue weighted by Gasteiger charge is -2.50. The number of phenolic OH excluding ortho intramolecular Hbond substituents is 1. The molecule has 3 aliphatic rings. The monoisotopic (exact) mass is 518 g/mol. The largest absolute Gasteiger partial charge is 0.508 e. The van der Waals surface area contributed by atoms with Crippen LogP contribution >= 0.6 is 0 Å². The molecule has 1 aromatic carbocycles. The highest BCUT2D eigenvalue weighted by Gasteiger charge is 2.64. The first-order chi connectivity index (χ1) is 17.4. The maximum atomic E-state index is 13.9. The Hall–Kier alpha value is -3.12. The molecule has 11 heteroatoms. The number of phenols is 1. The third kappa shape index (κ3) is 3.88. The molecule has 8 N–H and O–H groups in total. The number of halogens is 1. The lowest BCUT2D eigenvalue weighted by Crippen LogP contribution is -2.68. The summed E-state index contributed by atoms with van der Waals surface area (Å²) < 4.78 is 12.6. The summed E-state index contributed by atoms with van der Waals surface area (Å²) in [5.41, 5.74) is 1.62. The second-order valence-electron chi connectivity index (χ2n) is 10.1. The van der Waals surface area contributed by atoms with Crippen LogP contribution in [0.2, 0.25) is 0 Å². The van der Waals surface area contributed by atoms with Crippen molar-refractivity contribution in [3.63, 3.8) is 0 Å². The zero-order valence-corrected chi connectivity index (χ0v) is 21.1. The van der Waals surface area contributed by atoms with Crippen molar-refractivity contribution in [3.05, 3.63) is 45.2 Å². The van der Waals surface area contributed by atoms with Crippen LogP contribution in [0.15, 0.2) is 23.0 Å². The minimum atomic E-state index is -2.63. The van der Waals surface area contributed by atoms with Gasteiger partial charge in [-0.15, -0.1) is 0 Å². The molecule has 1 saturated carbocycles. The highest BCUT2D eigenvalue weighted by molar-refractivity contribution is 6.22. The number of alkyl halides is 1. The number of carbonyl (C=O) groups is 3. The molecule has 4 unspecified atom stereocenters. The number of amides is 1. The summed E-state index contributed by atoms with van der Waals surface area (Å²) in [5.74, 6) is -6.31. The molecule has 0 bridgehead atoms. The van der Waals surface area contributed by atoms with Gasteiger partial charge in [-0.3, -0.25) is 20.2 Å². The number of ketones is 2. The zero-order chi connectivity index (χ0) is 27.4. The summed E-state index contributed by atoms with van der Waals surface area (Å²) >= 11 is 0. The van der Waals surface area contributed by atoms with Gasteiger partial charge in [-0.25, -0.2) is 9.18 Å². The van der Waals surface area contributed by atoms with Gasteiger partial charge in [0.1, 0.15) is 18.2 Å². The van der Waals surface area contributed by atoms with Crippen molar-refractivity contribution in [2.75, 3.05) is 27.3 Å². The molecule has 1 fully saturated rings. The van der Waals surface area contributed by atoms with Gasteiger partial charge in [0.25, 0.3) is 0 Å². The molecule has 37 heavy (non-hydrogen) atoms. The van der Waals surface area contributed by atoms with Crippen LogP contribution in [-0.4, -0.2) is 81.8 Å². The van der Waals surface area contributed by atoms with Crippen LogP contribution in [0.5, 0.6) is 5.75 Å². The van der Waals surface area contributed by atoms with Crippen molar-refractivity contribution in [1.29, 1.82) is 0 Å². The van der Waals surface area contributed by atoms with E-state index >= 15 is 0 Å². The Bertz CT molecular complexity index is 1260. The van der Waals surface area contributed by atoms with Crippen molar-refractivity contribution in [1.82, 2.24) is 10.2 Å². The van der Waals surface area contributed by atoms with Gasteiger partial charge in [0.05, 0.1) is 11.6 Å². The third-order valence-electron chi connectivity index (χ3n) is 7.89. The molecule has 0 aromatic heterocycles. The number of aryl methyl sites for hydroxylation is 1. The van der Waals surface area contributed by atoms with E-state index in [1.807, 2.05) is 6.92 Å². The van der Waals surface area contributed by atoms with Gasteiger partial charge >= 0.3 is 5.91 Å². The molecule has 1 aromatic rings. The number of nitrogens with zero attached hydrogens (tertiary/aromatic N) is 1. The average Bonchev–Trinajstić information content (AvgIpc) is 2.82. The van der Waals surface area contributed by atoms with Gasteiger partial charge < -0.3 is 25.7 Å². The Morgan fingerprint density at radius 1 is 1.24 bits per heavy atom. The zero-order valence-electron chi connectivity index (χ0n) is 21.1. The number of nitrogens with one attached hydrogen (secondary N) is 1. The molecular formula is C26H33FN3O7+. The highest BCUT2D eigenvalue weighted by atomic mass is 19.1. The van der Waals surface area contributed by atoms with Gasteiger partial charge in [0.2, 0.25) is 5.78 Å². The van der Waals surface area contributed by atoms with E-state index < -0.39 is 64.7 Å². The summed E-state index contributed by atoms with van der Waals surface area (Å²) in [5, 5.41) is 47.9. The topological polar surface area (TPSA) is 175 Å². The minimum Gasteiger partial charge on any atom is -0.508 e. The lowest BCUT2D eigenvalue weighted by atomic mass is 9.57. The quantitative estimate of drug-likeness (QED) is 0.212. The average molecular weight is 519 g/mol.